The van der Waals surface area contributed by atoms with Crippen LogP contribution in [0.4, 0.5) is 17.3 Å². The van der Waals surface area contributed by atoms with Crippen molar-refractivity contribution in [1.82, 2.24) is 15.0 Å². The Morgan fingerprint density at radius 1 is 0.917 bits per heavy atom. The van der Waals surface area contributed by atoms with Crippen molar-refractivity contribution in [3.63, 3.8) is 0 Å². The first kappa shape index (κ1) is 15.9. The van der Waals surface area contributed by atoms with Gasteiger partial charge in [-0.2, -0.15) is 0 Å². The number of aromatic nitrogens is 3. The van der Waals surface area contributed by atoms with Crippen LogP contribution >= 0.6 is 0 Å². The molecule has 1 aromatic carbocycles. The molecular weight excluding hydrogens is 298 g/mol. The van der Waals surface area contributed by atoms with Gasteiger partial charge in [0.2, 0.25) is 0 Å². The third kappa shape index (κ3) is 4.07. The van der Waals surface area contributed by atoms with Crippen LogP contribution in [-0.2, 0) is 0 Å². The summed E-state index contributed by atoms with van der Waals surface area (Å²) >= 11 is 0. The molecule has 0 aliphatic heterocycles. The maximum atomic E-state index is 4.38. The molecule has 0 aliphatic carbocycles. The Hall–Kier alpha value is -2.95. The van der Waals surface area contributed by atoms with E-state index in [9.17, 15) is 0 Å². The zero-order valence-corrected chi connectivity index (χ0v) is 14.0. The predicted octanol–water partition coefficient (Wildman–Crippen LogP) is 4.41. The Bertz CT molecular complexity index is 799. The first-order chi connectivity index (χ1) is 11.7. The quantitative estimate of drug-likeness (QED) is 0.704. The fraction of sp³-hybridized carbons (Fsp3) is 0.211. The van der Waals surface area contributed by atoms with E-state index in [1.807, 2.05) is 30.3 Å². The lowest BCUT2D eigenvalue weighted by molar-refractivity contribution is 0.969. The standard InChI is InChI=1S/C19H21N5/c1-3-9-20-18-11-15(8-10-21-18)17-12-19(23-13-22-17)24-16-6-4-14(2)5-7-16/h4-8,10-13H,3,9H2,1-2H3,(H,20,21)(H,22,23,24). The third-order valence-electron chi connectivity index (χ3n) is 3.60. The summed E-state index contributed by atoms with van der Waals surface area (Å²) in [7, 11) is 0. The molecule has 0 saturated heterocycles. The molecule has 0 unspecified atom stereocenters. The minimum atomic E-state index is 0.767. The van der Waals surface area contributed by atoms with Crippen LogP contribution in [0.2, 0.25) is 0 Å². The summed E-state index contributed by atoms with van der Waals surface area (Å²) in [4.78, 5) is 13.0. The highest BCUT2D eigenvalue weighted by Crippen LogP contribution is 2.22. The molecule has 0 saturated carbocycles. The Kier molecular flexibility index (Phi) is 5.01. The third-order valence-corrected chi connectivity index (χ3v) is 3.60. The van der Waals surface area contributed by atoms with Gasteiger partial charge in [-0.25, -0.2) is 15.0 Å². The number of nitrogens with one attached hydrogen (secondary N) is 2. The average molecular weight is 319 g/mol. The molecule has 0 atom stereocenters. The second kappa shape index (κ2) is 7.55. The summed E-state index contributed by atoms with van der Waals surface area (Å²) in [5.41, 5.74) is 4.11. The number of aryl methyl sites for hydroxylation is 1. The van der Waals surface area contributed by atoms with Crippen LogP contribution in [0.25, 0.3) is 11.3 Å². The van der Waals surface area contributed by atoms with Crippen LogP contribution in [-0.4, -0.2) is 21.5 Å². The van der Waals surface area contributed by atoms with Gasteiger partial charge in [0.1, 0.15) is 18.0 Å². The molecule has 24 heavy (non-hydrogen) atoms. The summed E-state index contributed by atoms with van der Waals surface area (Å²) < 4.78 is 0. The van der Waals surface area contributed by atoms with E-state index >= 15 is 0 Å². The van der Waals surface area contributed by atoms with E-state index in [-0.39, 0.29) is 0 Å². The zero-order valence-electron chi connectivity index (χ0n) is 14.0. The van der Waals surface area contributed by atoms with E-state index in [0.717, 1.165) is 41.5 Å². The summed E-state index contributed by atoms with van der Waals surface area (Å²) in [6.45, 7) is 5.10. The van der Waals surface area contributed by atoms with Crippen molar-refractivity contribution in [1.29, 1.82) is 0 Å². The fourth-order valence-electron chi connectivity index (χ4n) is 2.31. The van der Waals surface area contributed by atoms with E-state index in [2.05, 4.69) is 51.6 Å². The predicted molar refractivity (Wildman–Crippen MR) is 98.5 cm³/mol. The molecule has 0 bridgehead atoms. The summed E-state index contributed by atoms with van der Waals surface area (Å²) in [6, 6.07) is 14.1. The van der Waals surface area contributed by atoms with Crippen LogP contribution < -0.4 is 10.6 Å². The van der Waals surface area contributed by atoms with Crippen LogP contribution in [0.1, 0.15) is 18.9 Å². The Balaban J connectivity index is 1.81. The van der Waals surface area contributed by atoms with E-state index in [1.54, 1.807) is 12.5 Å². The van der Waals surface area contributed by atoms with Gasteiger partial charge in [0, 0.05) is 30.1 Å². The minimum absolute atomic E-state index is 0.767. The second-order valence-electron chi connectivity index (χ2n) is 5.64. The number of nitrogens with zero attached hydrogens (tertiary/aromatic N) is 3. The van der Waals surface area contributed by atoms with E-state index in [4.69, 9.17) is 0 Å². The smallest absolute Gasteiger partial charge is 0.134 e. The molecular formula is C19H21N5. The largest absolute Gasteiger partial charge is 0.370 e. The molecule has 0 amide bonds. The topological polar surface area (TPSA) is 62.7 Å². The van der Waals surface area contributed by atoms with E-state index in [0.29, 0.717) is 0 Å². The van der Waals surface area contributed by atoms with Gasteiger partial charge in [0.05, 0.1) is 5.69 Å². The first-order valence-corrected chi connectivity index (χ1v) is 8.10. The number of anilines is 3. The SMILES string of the molecule is CCCNc1cc(-c2cc(Nc3ccc(C)cc3)ncn2)ccn1. The number of hydrogen-bond acceptors (Lipinski definition) is 5. The van der Waals surface area contributed by atoms with Gasteiger partial charge < -0.3 is 10.6 Å². The lowest BCUT2D eigenvalue weighted by atomic mass is 10.2. The van der Waals surface area contributed by atoms with Gasteiger partial charge in [0.25, 0.3) is 0 Å². The molecule has 0 fully saturated rings. The Labute approximate surface area is 142 Å². The summed E-state index contributed by atoms with van der Waals surface area (Å²) in [5, 5.41) is 6.60. The molecule has 2 aromatic heterocycles. The molecule has 0 aliphatic rings. The molecule has 0 radical (unpaired) electrons. The number of benzene rings is 1. The lowest BCUT2D eigenvalue weighted by Crippen LogP contribution is -2.02. The maximum Gasteiger partial charge on any atom is 0.134 e. The van der Waals surface area contributed by atoms with E-state index < -0.39 is 0 Å². The highest BCUT2D eigenvalue weighted by atomic mass is 15.0. The molecule has 5 nitrogen and oxygen atoms in total. The van der Waals surface area contributed by atoms with Gasteiger partial charge in [0.15, 0.2) is 0 Å². The van der Waals surface area contributed by atoms with Crippen molar-refractivity contribution in [2.24, 2.45) is 0 Å². The van der Waals surface area contributed by atoms with Crippen molar-refractivity contribution in [3.8, 4) is 11.3 Å². The minimum Gasteiger partial charge on any atom is -0.370 e. The second-order valence-corrected chi connectivity index (χ2v) is 5.64. The van der Waals surface area contributed by atoms with Crippen molar-refractivity contribution in [3.05, 3.63) is 60.6 Å². The van der Waals surface area contributed by atoms with Crippen LogP contribution in [0, 0.1) is 6.92 Å². The van der Waals surface area contributed by atoms with Gasteiger partial charge in [-0.1, -0.05) is 24.6 Å². The molecule has 2 N–H and O–H groups in total. The van der Waals surface area contributed by atoms with Crippen LogP contribution in [0.3, 0.4) is 0 Å². The average Bonchev–Trinajstić information content (AvgIpc) is 2.62. The van der Waals surface area contributed by atoms with Crippen molar-refractivity contribution in [2.45, 2.75) is 20.3 Å². The molecule has 3 rings (SSSR count). The highest BCUT2D eigenvalue weighted by molar-refractivity contribution is 5.67. The lowest BCUT2D eigenvalue weighted by Gasteiger charge is -2.09. The number of rotatable bonds is 6. The molecule has 0 spiro atoms. The zero-order chi connectivity index (χ0) is 16.8. The molecule has 3 aromatic rings. The van der Waals surface area contributed by atoms with Gasteiger partial charge in [-0.3, -0.25) is 0 Å². The number of pyridine rings is 1. The van der Waals surface area contributed by atoms with Crippen molar-refractivity contribution >= 4 is 17.3 Å². The molecule has 122 valence electrons. The van der Waals surface area contributed by atoms with Crippen molar-refractivity contribution < 1.29 is 0 Å². The van der Waals surface area contributed by atoms with E-state index in [1.165, 1.54) is 5.56 Å². The molecule has 5 heteroatoms. The van der Waals surface area contributed by atoms with Crippen LogP contribution in [0.15, 0.2) is 55.0 Å². The number of hydrogen-bond donors (Lipinski definition) is 2. The Morgan fingerprint density at radius 2 is 1.75 bits per heavy atom. The van der Waals surface area contributed by atoms with Crippen LogP contribution in [0.5, 0.6) is 0 Å². The van der Waals surface area contributed by atoms with Gasteiger partial charge in [-0.15, -0.1) is 0 Å². The van der Waals surface area contributed by atoms with Gasteiger partial charge in [-0.05, 0) is 37.6 Å². The summed E-state index contributed by atoms with van der Waals surface area (Å²) in [5.74, 6) is 1.63. The molecule has 2 heterocycles. The maximum absolute atomic E-state index is 4.38. The normalized spacial score (nSPS) is 10.4. The van der Waals surface area contributed by atoms with Gasteiger partial charge >= 0.3 is 0 Å². The fourth-order valence-corrected chi connectivity index (χ4v) is 2.31. The Morgan fingerprint density at radius 3 is 2.54 bits per heavy atom. The monoisotopic (exact) mass is 319 g/mol. The first-order valence-electron chi connectivity index (χ1n) is 8.10. The van der Waals surface area contributed by atoms with Crippen molar-refractivity contribution in [2.75, 3.05) is 17.2 Å². The highest BCUT2D eigenvalue weighted by Gasteiger charge is 2.04. The summed E-state index contributed by atoms with van der Waals surface area (Å²) in [6.07, 6.45) is 4.43.